The Morgan fingerprint density at radius 1 is 0.640 bits per heavy atom. The molecule has 1 heteroatoms. The molecule has 25 heavy (non-hydrogen) atoms. The van der Waals surface area contributed by atoms with E-state index in [0.717, 1.165) is 27.8 Å². The molecular weight excluding hydrogens is 304 g/mol. The van der Waals surface area contributed by atoms with Crippen molar-refractivity contribution < 1.29 is 4.79 Å². The second-order valence-electron chi connectivity index (χ2n) is 6.14. The van der Waals surface area contributed by atoms with Gasteiger partial charge in [-0.05, 0) is 18.1 Å². The van der Waals surface area contributed by atoms with Crippen molar-refractivity contribution >= 4 is 5.78 Å². The summed E-state index contributed by atoms with van der Waals surface area (Å²) in [6, 6.07) is 25.6. The number of unbranched alkanes of at least 4 members (excludes halogenated alkanes) is 1. The zero-order valence-electron chi connectivity index (χ0n) is 15.3. The molecular formula is C24H26O. The van der Waals surface area contributed by atoms with Gasteiger partial charge in [0, 0.05) is 11.1 Å². The maximum absolute atomic E-state index is 12.4. The van der Waals surface area contributed by atoms with E-state index in [2.05, 4.69) is 26.0 Å². The molecule has 3 aromatic rings. The van der Waals surface area contributed by atoms with Crippen molar-refractivity contribution in [1.29, 1.82) is 0 Å². The molecule has 0 heterocycles. The Bertz CT molecular complexity index is 767. The Hall–Kier alpha value is -2.67. The van der Waals surface area contributed by atoms with Gasteiger partial charge in [0.15, 0.2) is 5.78 Å². The molecule has 0 aromatic heterocycles. The first-order valence-electron chi connectivity index (χ1n) is 8.92. The minimum absolute atomic E-state index is 0.0645. The average Bonchev–Trinajstić information content (AvgIpc) is 2.69. The van der Waals surface area contributed by atoms with Crippen LogP contribution < -0.4 is 0 Å². The van der Waals surface area contributed by atoms with E-state index in [-0.39, 0.29) is 5.78 Å². The molecule has 3 rings (SSSR count). The molecule has 0 aliphatic rings. The van der Waals surface area contributed by atoms with Crippen LogP contribution >= 0.6 is 0 Å². The van der Waals surface area contributed by atoms with Crippen LogP contribution in [0.2, 0.25) is 0 Å². The van der Waals surface area contributed by atoms with Crippen LogP contribution in [0.5, 0.6) is 0 Å². The Morgan fingerprint density at radius 3 is 1.56 bits per heavy atom. The second-order valence-corrected chi connectivity index (χ2v) is 6.14. The van der Waals surface area contributed by atoms with Gasteiger partial charge in [0.2, 0.25) is 0 Å². The molecule has 0 aliphatic carbocycles. The first-order valence-corrected chi connectivity index (χ1v) is 8.92. The van der Waals surface area contributed by atoms with Gasteiger partial charge < -0.3 is 0 Å². The Labute approximate surface area is 151 Å². The number of benzene rings is 3. The highest BCUT2D eigenvalue weighted by Crippen LogP contribution is 2.20. The molecule has 3 aromatic carbocycles. The first kappa shape index (κ1) is 18.7. The summed E-state index contributed by atoms with van der Waals surface area (Å²) < 4.78 is 0. The predicted molar refractivity (Wildman–Crippen MR) is 107 cm³/mol. The number of aryl methyl sites for hydroxylation is 1. The van der Waals surface area contributed by atoms with Crippen molar-refractivity contribution in [3.05, 3.63) is 95.6 Å². The fourth-order valence-corrected chi connectivity index (χ4v) is 2.32. The topological polar surface area (TPSA) is 17.1 Å². The molecule has 0 spiro atoms. The van der Waals surface area contributed by atoms with Gasteiger partial charge in [-0.25, -0.2) is 0 Å². The lowest BCUT2D eigenvalue weighted by Crippen LogP contribution is -2.00. The van der Waals surface area contributed by atoms with Gasteiger partial charge in [-0.1, -0.05) is 111 Å². The molecule has 128 valence electrons. The van der Waals surface area contributed by atoms with Gasteiger partial charge in [-0.15, -0.1) is 0 Å². The number of ketones is 1. The van der Waals surface area contributed by atoms with Crippen LogP contribution in [-0.2, 0) is 0 Å². The highest BCUT2D eigenvalue weighted by atomic mass is 16.1. The van der Waals surface area contributed by atoms with Gasteiger partial charge in [0.25, 0.3) is 0 Å². The summed E-state index contributed by atoms with van der Waals surface area (Å²) in [5.74, 6) is 0.0645. The Balaban J connectivity index is 0.000000511. The average molecular weight is 330 g/mol. The highest BCUT2D eigenvalue weighted by molar-refractivity contribution is 6.09. The summed E-state index contributed by atoms with van der Waals surface area (Å²) in [6.45, 7) is 6.38. The molecule has 0 unspecified atom stereocenters. The van der Waals surface area contributed by atoms with Crippen LogP contribution in [0.25, 0.3) is 11.1 Å². The monoisotopic (exact) mass is 330 g/mol. The van der Waals surface area contributed by atoms with Crippen LogP contribution in [0, 0.1) is 6.92 Å². The lowest BCUT2D eigenvalue weighted by atomic mass is 9.99. The summed E-state index contributed by atoms with van der Waals surface area (Å²) in [7, 11) is 0. The van der Waals surface area contributed by atoms with E-state index in [1.807, 2.05) is 73.7 Å². The molecule has 0 saturated heterocycles. The molecule has 0 fully saturated rings. The van der Waals surface area contributed by atoms with Crippen molar-refractivity contribution in [1.82, 2.24) is 0 Å². The smallest absolute Gasteiger partial charge is 0.193 e. The summed E-state index contributed by atoms with van der Waals surface area (Å²) >= 11 is 0. The van der Waals surface area contributed by atoms with E-state index in [1.54, 1.807) is 0 Å². The molecule has 0 aliphatic heterocycles. The Morgan fingerprint density at radius 2 is 1.08 bits per heavy atom. The second kappa shape index (κ2) is 9.58. The van der Waals surface area contributed by atoms with E-state index in [0.29, 0.717) is 0 Å². The summed E-state index contributed by atoms with van der Waals surface area (Å²) in [5.41, 5.74) is 4.89. The molecule has 0 radical (unpaired) electrons. The SMILES string of the molecule is CCCC.Cc1ccc(C(=O)c2ccc(-c3ccccc3)cc2)cc1. The number of hydrogen-bond acceptors (Lipinski definition) is 1. The third-order valence-electron chi connectivity index (χ3n) is 4.07. The van der Waals surface area contributed by atoms with E-state index in [4.69, 9.17) is 0 Å². The molecule has 0 saturated carbocycles. The van der Waals surface area contributed by atoms with Crippen molar-refractivity contribution in [2.45, 2.75) is 33.6 Å². The van der Waals surface area contributed by atoms with E-state index < -0.39 is 0 Å². The fourth-order valence-electron chi connectivity index (χ4n) is 2.32. The van der Waals surface area contributed by atoms with Crippen LogP contribution in [0.3, 0.4) is 0 Å². The van der Waals surface area contributed by atoms with Crippen LogP contribution in [0.4, 0.5) is 0 Å². The van der Waals surface area contributed by atoms with Crippen molar-refractivity contribution in [2.75, 3.05) is 0 Å². The third-order valence-corrected chi connectivity index (χ3v) is 4.07. The van der Waals surface area contributed by atoms with Gasteiger partial charge in [-0.3, -0.25) is 4.79 Å². The first-order chi connectivity index (χ1) is 12.2. The summed E-state index contributed by atoms with van der Waals surface area (Å²) in [4.78, 5) is 12.4. The van der Waals surface area contributed by atoms with E-state index >= 15 is 0 Å². The largest absolute Gasteiger partial charge is 0.289 e. The summed E-state index contributed by atoms with van der Waals surface area (Å²) in [6.07, 6.45) is 2.64. The summed E-state index contributed by atoms with van der Waals surface area (Å²) in [5, 5.41) is 0. The van der Waals surface area contributed by atoms with Gasteiger partial charge in [-0.2, -0.15) is 0 Å². The normalized spacial score (nSPS) is 9.88. The quantitative estimate of drug-likeness (QED) is 0.486. The van der Waals surface area contributed by atoms with Gasteiger partial charge >= 0.3 is 0 Å². The van der Waals surface area contributed by atoms with E-state index in [1.165, 1.54) is 12.8 Å². The zero-order valence-corrected chi connectivity index (χ0v) is 15.3. The van der Waals surface area contributed by atoms with Crippen molar-refractivity contribution in [2.24, 2.45) is 0 Å². The predicted octanol–water partition coefficient (Wildman–Crippen LogP) is 6.70. The molecule has 0 atom stereocenters. The van der Waals surface area contributed by atoms with Crippen molar-refractivity contribution in [3.63, 3.8) is 0 Å². The van der Waals surface area contributed by atoms with Crippen LogP contribution in [0.15, 0.2) is 78.9 Å². The Kier molecular flexibility index (Phi) is 7.16. The maximum Gasteiger partial charge on any atom is 0.193 e. The van der Waals surface area contributed by atoms with Gasteiger partial charge in [0.05, 0.1) is 0 Å². The number of rotatable bonds is 4. The molecule has 0 amide bonds. The number of carbonyl (C=O) groups is 1. The lowest BCUT2D eigenvalue weighted by molar-refractivity contribution is 0.103. The molecule has 0 bridgehead atoms. The lowest BCUT2D eigenvalue weighted by Gasteiger charge is -2.05. The molecule has 1 nitrogen and oxygen atoms in total. The fraction of sp³-hybridized carbons (Fsp3) is 0.208. The van der Waals surface area contributed by atoms with Crippen molar-refractivity contribution in [3.8, 4) is 11.1 Å². The molecule has 0 N–H and O–H groups in total. The highest BCUT2D eigenvalue weighted by Gasteiger charge is 2.08. The minimum atomic E-state index is 0.0645. The van der Waals surface area contributed by atoms with Gasteiger partial charge in [0.1, 0.15) is 0 Å². The maximum atomic E-state index is 12.4. The minimum Gasteiger partial charge on any atom is -0.289 e. The number of hydrogen-bond donors (Lipinski definition) is 0. The number of carbonyl (C=O) groups excluding carboxylic acids is 1. The third kappa shape index (κ3) is 5.42. The van der Waals surface area contributed by atoms with E-state index in [9.17, 15) is 4.79 Å². The standard InChI is InChI=1S/C20H16O.C4H10/c1-15-7-9-18(10-8-15)20(21)19-13-11-17(12-14-19)16-5-3-2-4-6-16;1-3-4-2/h2-14H,1H3;3-4H2,1-2H3. The van der Waals surface area contributed by atoms with Crippen LogP contribution in [-0.4, -0.2) is 5.78 Å². The zero-order chi connectivity index (χ0) is 18.1. The van der Waals surface area contributed by atoms with Crippen LogP contribution in [0.1, 0.15) is 48.2 Å².